The first-order chi connectivity index (χ1) is 5.29. The Bertz CT molecular complexity index is 493. The number of fused-ring (bicyclic) bond motifs is 1. The zero-order valence-electron chi connectivity index (χ0n) is 5.34. The summed E-state index contributed by atoms with van der Waals surface area (Å²) in [6, 6.07) is 0. The van der Waals surface area contributed by atoms with Crippen LogP contribution in [0.1, 0.15) is 0 Å². The number of H-pyrrole nitrogens is 3. The summed E-state index contributed by atoms with van der Waals surface area (Å²) < 4.78 is 0.307. The molecule has 0 saturated heterocycles. The first-order valence-electron chi connectivity index (χ1n) is 2.93. The second-order valence-electron chi connectivity index (χ2n) is 2.04. The molecular weight excluding hydrogens is 164 g/mol. The Morgan fingerprint density at radius 2 is 2.27 bits per heavy atom. The van der Waals surface area contributed by atoms with E-state index in [1.807, 2.05) is 0 Å². The molecule has 0 aromatic carbocycles. The lowest BCUT2D eigenvalue weighted by molar-refractivity contribution is 1.06. The molecule has 2 rings (SSSR count). The first kappa shape index (κ1) is 6.29. The predicted octanol–water partition coefficient (Wildman–Crippen LogP) is 0.309. The van der Waals surface area contributed by atoms with Gasteiger partial charge >= 0.3 is 0 Å². The highest BCUT2D eigenvalue weighted by molar-refractivity contribution is 7.71. The summed E-state index contributed by atoms with van der Waals surface area (Å²) in [6.45, 7) is 0. The number of hydrogen-bond acceptors (Lipinski definition) is 3. The summed E-state index contributed by atoms with van der Waals surface area (Å²) in [4.78, 5) is 17.5. The van der Waals surface area contributed by atoms with E-state index in [0.29, 0.717) is 15.7 Å². The van der Waals surface area contributed by atoms with Gasteiger partial charge in [0, 0.05) is 0 Å². The molecule has 0 saturated carbocycles. The fraction of sp³-hybridized carbons (Fsp3) is 0. The summed E-state index contributed by atoms with van der Waals surface area (Å²) in [5.41, 5.74) is 0.337. The van der Waals surface area contributed by atoms with E-state index < -0.39 is 0 Å². The van der Waals surface area contributed by atoms with Crippen molar-refractivity contribution >= 4 is 23.3 Å². The minimum absolute atomic E-state index is 0.241. The largest absolute Gasteiger partial charge is 0.331 e. The molecule has 2 aromatic heterocycles. The van der Waals surface area contributed by atoms with E-state index >= 15 is 0 Å². The van der Waals surface area contributed by atoms with Crippen molar-refractivity contribution < 1.29 is 0 Å². The SMILES string of the molecule is O=c1[nH][nH]c2[nH]cnc(=S)c12. The lowest BCUT2D eigenvalue weighted by Crippen LogP contribution is -1.98. The maximum Gasteiger partial charge on any atom is 0.276 e. The summed E-state index contributed by atoms with van der Waals surface area (Å²) in [7, 11) is 0. The van der Waals surface area contributed by atoms with Crippen LogP contribution in [0.4, 0.5) is 0 Å². The smallest absolute Gasteiger partial charge is 0.276 e. The molecule has 11 heavy (non-hydrogen) atoms. The van der Waals surface area contributed by atoms with Crippen LogP contribution in [0, 0.1) is 4.64 Å². The zero-order valence-corrected chi connectivity index (χ0v) is 6.16. The molecule has 0 unspecified atom stereocenters. The highest BCUT2D eigenvalue weighted by Crippen LogP contribution is 1.99. The normalized spacial score (nSPS) is 10.5. The molecule has 0 aliphatic carbocycles. The topological polar surface area (TPSA) is 77.3 Å². The monoisotopic (exact) mass is 168 g/mol. The first-order valence-corrected chi connectivity index (χ1v) is 3.34. The maximum absolute atomic E-state index is 11.0. The summed E-state index contributed by atoms with van der Waals surface area (Å²) in [6.07, 6.45) is 1.44. The molecule has 0 aliphatic rings. The molecule has 0 atom stereocenters. The van der Waals surface area contributed by atoms with E-state index in [2.05, 4.69) is 20.2 Å². The summed E-state index contributed by atoms with van der Waals surface area (Å²) in [5, 5.41) is 5.43. The number of nitrogens with zero attached hydrogens (tertiary/aromatic N) is 1. The van der Waals surface area contributed by atoms with Crippen molar-refractivity contribution in [2.24, 2.45) is 0 Å². The average molecular weight is 168 g/mol. The van der Waals surface area contributed by atoms with Crippen LogP contribution in [0.2, 0.25) is 0 Å². The van der Waals surface area contributed by atoms with E-state index in [4.69, 9.17) is 12.2 Å². The van der Waals surface area contributed by atoms with Gasteiger partial charge < -0.3 is 4.98 Å². The van der Waals surface area contributed by atoms with Crippen molar-refractivity contribution in [3.8, 4) is 0 Å². The summed E-state index contributed by atoms with van der Waals surface area (Å²) in [5.74, 6) is 0. The Hall–Kier alpha value is -1.43. The van der Waals surface area contributed by atoms with Crippen LogP contribution in [0.25, 0.3) is 11.0 Å². The Kier molecular flexibility index (Phi) is 1.16. The van der Waals surface area contributed by atoms with E-state index in [1.165, 1.54) is 6.33 Å². The van der Waals surface area contributed by atoms with Crippen LogP contribution in [-0.4, -0.2) is 20.2 Å². The Balaban J connectivity index is 3.21. The van der Waals surface area contributed by atoms with Gasteiger partial charge in [0.15, 0.2) is 0 Å². The molecule has 2 heterocycles. The van der Waals surface area contributed by atoms with Gasteiger partial charge in [-0.25, -0.2) is 4.98 Å². The summed E-state index contributed by atoms with van der Waals surface area (Å²) >= 11 is 4.82. The maximum atomic E-state index is 11.0. The van der Waals surface area contributed by atoms with Gasteiger partial charge in [0.25, 0.3) is 5.56 Å². The second kappa shape index (κ2) is 2.03. The minimum atomic E-state index is -0.241. The van der Waals surface area contributed by atoms with Crippen molar-refractivity contribution in [3.63, 3.8) is 0 Å². The fourth-order valence-corrected chi connectivity index (χ4v) is 1.14. The predicted molar refractivity (Wildman–Crippen MR) is 41.9 cm³/mol. The second-order valence-corrected chi connectivity index (χ2v) is 2.42. The van der Waals surface area contributed by atoms with Crippen LogP contribution in [0.5, 0.6) is 0 Å². The van der Waals surface area contributed by atoms with Crippen LogP contribution in [-0.2, 0) is 0 Å². The molecule has 0 radical (unpaired) electrons. The molecule has 56 valence electrons. The number of rotatable bonds is 0. The van der Waals surface area contributed by atoms with Crippen molar-refractivity contribution in [1.82, 2.24) is 20.2 Å². The van der Waals surface area contributed by atoms with Gasteiger partial charge in [0.05, 0.1) is 6.33 Å². The highest BCUT2D eigenvalue weighted by atomic mass is 32.1. The molecule has 0 spiro atoms. The van der Waals surface area contributed by atoms with Crippen LogP contribution < -0.4 is 5.56 Å². The molecule has 0 fully saturated rings. The highest BCUT2D eigenvalue weighted by Gasteiger charge is 2.00. The Labute approximate surface area is 65.5 Å². The molecule has 6 heteroatoms. The van der Waals surface area contributed by atoms with Gasteiger partial charge in [-0.3, -0.25) is 15.0 Å². The molecule has 0 aliphatic heterocycles. The Morgan fingerprint density at radius 1 is 1.45 bits per heavy atom. The van der Waals surface area contributed by atoms with Crippen molar-refractivity contribution in [2.45, 2.75) is 0 Å². The van der Waals surface area contributed by atoms with Crippen LogP contribution in [0.15, 0.2) is 11.1 Å². The van der Waals surface area contributed by atoms with Gasteiger partial charge in [-0.2, -0.15) is 0 Å². The van der Waals surface area contributed by atoms with Crippen molar-refractivity contribution in [1.29, 1.82) is 0 Å². The van der Waals surface area contributed by atoms with Gasteiger partial charge in [-0.1, -0.05) is 12.2 Å². The fourth-order valence-electron chi connectivity index (χ4n) is 0.890. The molecule has 2 aromatic rings. The standard InChI is InChI=1S/C5H4N4OS/c10-4-2-3(8-9-4)6-1-7-5(2)11/h1H,(H3,6,7,8,9,10,11). The third-order valence-corrected chi connectivity index (χ3v) is 1.69. The van der Waals surface area contributed by atoms with E-state index in [1.54, 1.807) is 0 Å². The molecule has 0 bridgehead atoms. The molecule has 0 amide bonds. The van der Waals surface area contributed by atoms with E-state index in [9.17, 15) is 4.79 Å². The van der Waals surface area contributed by atoms with E-state index in [0.717, 1.165) is 0 Å². The van der Waals surface area contributed by atoms with Gasteiger partial charge in [-0.05, 0) is 0 Å². The lowest BCUT2D eigenvalue weighted by atomic mass is 10.4. The molecule has 3 N–H and O–H groups in total. The lowest BCUT2D eigenvalue weighted by Gasteiger charge is -1.84. The quantitative estimate of drug-likeness (QED) is 0.495. The Morgan fingerprint density at radius 3 is 3.00 bits per heavy atom. The average Bonchev–Trinajstić information content (AvgIpc) is 2.34. The van der Waals surface area contributed by atoms with Crippen LogP contribution in [0.3, 0.4) is 0 Å². The number of aromatic nitrogens is 4. The van der Waals surface area contributed by atoms with E-state index in [-0.39, 0.29) is 5.56 Å². The zero-order chi connectivity index (χ0) is 7.84. The number of aromatic amines is 3. The number of nitrogens with one attached hydrogen (secondary N) is 3. The molecular formula is C5H4N4OS. The van der Waals surface area contributed by atoms with Gasteiger partial charge in [-0.15, -0.1) is 0 Å². The third-order valence-electron chi connectivity index (χ3n) is 1.38. The number of hydrogen-bond donors (Lipinski definition) is 3. The molecule has 5 nitrogen and oxygen atoms in total. The minimum Gasteiger partial charge on any atom is -0.331 e. The van der Waals surface area contributed by atoms with Gasteiger partial charge in [0.1, 0.15) is 15.7 Å². The van der Waals surface area contributed by atoms with Crippen molar-refractivity contribution in [2.75, 3.05) is 0 Å². The van der Waals surface area contributed by atoms with Crippen molar-refractivity contribution in [3.05, 3.63) is 21.3 Å². The third kappa shape index (κ3) is 0.795. The van der Waals surface area contributed by atoms with Gasteiger partial charge in [0.2, 0.25) is 0 Å². The van der Waals surface area contributed by atoms with Crippen LogP contribution >= 0.6 is 12.2 Å².